The van der Waals surface area contributed by atoms with E-state index in [2.05, 4.69) is 5.32 Å². The van der Waals surface area contributed by atoms with E-state index >= 15 is 0 Å². The van der Waals surface area contributed by atoms with Gasteiger partial charge in [-0.05, 0) is 37.0 Å². The minimum Gasteiger partial charge on any atom is -0.481 e. The molecule has 4 nitrogen and oxygen atoms in total. The van der Waals surface area contributed by atoms with Crippen LogP contribution in [0.4, 0.5) is 0 Å². The largest absolute Gasteiger partial charge is 0.481 e. The topological polar surface area (TPSA) is 66.4 Å². The molecular formula is C15H19Cl2NO3. The van der Waals surface area contributed by atoms with Crippen molar-refractivity contribution in [3.05, 3.63) is 33.8 Å². The zero-order valence-electron chi connectivity index (χ0n) is 11.9. The Morgan fingerprint density at radius 3 is 2.67 bits per heavy atom. The zero-order chi connectivity index (χ0) is 15.8. The van der Waals surface area contributed by atoms with E-state index < -0.39 is 5.97 Å². The van der Waals surface area contributed by atoms with E-state index in [9.17, 15) is 9.59 Å². The summed E-state index contributed by atoms with van der Waals surface area (Å²) in [5.41, 5.74) is 0.885. The molecule has 1 aromatic carbocycles. The molecule has 1 aromatic rings. The SMILES string of the molecule is CC(CCCNC(=O)CCc1ccc(Cl)cc1Cl)C(=O)O. The summed E-state index contributed by atoms with van der Waals surface area (Å²) in [5, 5.41) is 12.6. The Balaban J connectivity index is 2.24. The number of halogens is 2. The van der Waals surface area contributed by atoms with Gasteiger partial charge in [0.25, 0.3) is 0 Å². The lowest BCUT2D eigenvalue weighted by atomic mass is 10.1. The van der Waals surface area contributed by atoms with Crippen LogP contribution in [-0.2, 0) is 16.0 Å². The Labute approximate surface area is 134 Å². The highest BCUT2D eigenvalue weighted by Gasteiger charge is 2.10. The van der Waals surface area contributed by atoms with Crippen molar-refractivity contribution in [1.29, 1.82) is 0 Å². The molecule has 0 aromatic heterocycles. The lowest BCUT2D eigenvalue weighted by Gasteiger charge is -2.08. The molecule has 0 radical (unpaired) electrons. The molecular weight excluding hydrogens is 313 g/mol. The molecule has 116 valence electrons. The van der Waals surface area contributed by atoms with Crippen LogP contribution in [0.5, 0.6) is 0 Å². The molecule has 21 heavy (non-hydrogen) atoms. The molecule has 6 heteroatoms. The third-order valence-corrected chi connectivity index (χ3v) is 3.78. The summed E-state index contributed by atoms with van der Waals surface area (Å²) in [7, 11) is 0. The number of nitrogens with one attached hydrogen (secondary N) is 1. The van der Waals surface area contributed by atoms with E-state index in [1.807, 2.05) is 6.07 Å². The number of aliphatic carboxylic acids is 1. The normalized spacial score (nSPS) is 12.0. The summed E-state index contributed by atoms with van der Waals surface area (Å²) in [6.07, 6.45) is 2.10. The number of aryl methyl sites for hydroxylation is 1. The van der Waals surface area contributed by atoms with Crippen molar-refractivity contribution in [3.63, 3.8) is 0 Å². The summed E-state index contributed by atoms with van der Waals surface area (Å²) in [6, 6.07) is 5.21. The maximum Gasteiger partial charge on any atom is 0.306 e. The van der Waals surface area contributed by atoms with Crippen LogP contribution in [0.25, 0.3) is 0 Å². The van der Waals surface area contributed by atoms with Crippen LogP contribution in [-0.4, -0.2) is 23.5 Å². The van der Waals surface area contributed by atoms with Gasteiger partial charge in [0.1, 0.15) is 0 Å². The minimum atomic E-state index is -0.807. The summed E-state index contributed by atoms with van der Waals surface area (Å²) < 4.78 is 0. The fourth-order valence-corrected chi connectivity index (χ4v) is 2.32. The van der Waals surface area contributed by atoms with Crippen molar-refractivity contribution in [3.8, 4) is 0 Å². The lowest BCUT2D eigenvalue weighted by Crippen LogP contribution is -2.25. The number of amides is 1. The van der Waals surface area contributed by atoms with E-state index in [0.717, 1.165) is 5.56 Å². The Bertz CT molecular complexity index is 506. The van der Waals surface area contributed by atoms with Crippen molar-refractivity contribution in [1.82, 2.24) is 5.32 Å². The van der Waals surface area contributed by atoms with Crippen LogP contribution in [0.1, 0.15) is 31.7 Å². The fourth-order valence-electron chi connectivity index (χ4n) is 1.82. The minimum absolute atomic E-state index is 0.0657. The zero-order valence-corrected chi connectivity index (χ0v) is 13.4. The molecule has 0 spiro atoms. The van der Waals surface area contributed by atoms with E-state index in [0.29, 0.717) is 42.3 Å². The first-order chi connectivity index (χ1) is 9.90. The first-order valence-electron chi connectivity index (χ1n) is 6.83. The van der Waals surface area contributed by atoms with Gasteiger partial charge in [-0.1, -0.05) is 36.2 Å². The molecule has 0 aliphatic carbocycles. The number of carboxylic acid groups (broad SMARTS) is 1. The van der Waals surface area contributed by atoms with Gasteiger partial charge in [0.2, 0.25) is 5.91 Å². The molecule has 0 fully saturated rings. The van der Waals surface area contributed by atoms with Crippen LogP contribution >= 0.6 is 23.2 Å². The van der Waals surface area contributed by atoms with Crippen LogP contribution < -0.4 is 5.32 Å². The molecule has 0 aliphatic rings. The van der Waals surface area contributed by atoms with E-state index in [1.54, 1.807) is 19.1 Å². The predicted molar refractivity (Wildman–Crippen MR) is 83.8 cm³/mol. The average molecular weight is 332 g/mol. The third-order valence-electron chi connectivity index (χ3n) is 3.19. The number of benzene rings is 1. The highest BCUT2D eigenvalue weighted by atomic mass is 35.5. The maximum atomic E-state index is 11.7. The highest BCUT2D eigenvalue weighted by Crippen LogP contribution is 2.21. The Kier molecular flexibility index (Phi) is 7.54. The standard InChI is InChI=1S/C15H19Cl2NO3/c1-10(15(20)21)3-2-8-18-14(19)7-5-11-4-6-12(16)9-13(11)17/h4,6,9-10H,2-3,5,7-8H2,1H3,(H,18,19)(H,20,21). The van der Waals surface area contributed by atoms with Gasteiger partial charge < -0.3 is 10.4 Å². The van der Waals surface area contributed by atoms with E-state index in [-0.39, 0.29) is 11.8 Å². The number of rotatable bonds is 8. The number of carbonyl (C=O) groups is 2. The monoisotopic (exact) mass is 331 g/mol. The van der Waals surface area contributed by atoms with Crippen molar-refractivity contribution in [2.75, 3.05) is 6.54 Å². The van der Waals surface area contributed by atoms with Gasteiger partial charge >= 0.3 is 5.97 Å². The smallest absolute Gasteiger partial charge is 0.306 e. The predicted octanol–water partition coefficient (Wildman–Crippen LogP) is 3.54. The second kappa shape index (κ2) is 8.90. The number of hydrogen-bond acceptors (Lipinski definition) is 2. The third kappa shape index (κ3) is 6.82. The molecule has 1 atom stereocenters. The molecule has 0 heterocycles. The summed E-state index contributed by atoms with van der Waals surface area (Å²) >= 11 is 11.8. The van der Waals surface area contributed by atoms with Crippen LogP contribution in [0.15, 0.2) is 18.2 Å². The molecule has 0 saturated carbocycles. The molecule has 1 unspecified atom stereocenters. The number of carbonyl (C=O) groups excluding carboxylic acids is 1. The van der Waals surface area contributed by atoms with Crippen LogP contribution in [0.3, 0.4) is 0 Å². The van der Waals surface area contributed by atoms with Crippen molar-refractivity contribution in [2.24, 2.45) is 5.92 Å². The number of carboxylic acids is 1. The van der Waals surface area contributed by atoms with Gasteiger partial charge in [0.05, 0.1) is 5.92 Å². The molecule has 1 amide bonds. The molecule has 2 N–H and O–H groups in total. The van der Waals surface area contributed by atoms with Crippen molar-refractivity contribution < 1.29 is 14.7 Å². The Morgan fingerprint density at radius 1 is 1.33 bits per heavy atom. The Morgan fingerprint density at radius 2 is 2.05 bits per heavy atom. The first-order valence-corrected chi connectivity index (χ1v) is 7.59. The van der Waals surface area contributed by atoms with Gasteiger partial charge in [-0.25, -0.2) is 0 Å². The Hall–Kier alpha value is -1.26. The maximum absolute atomic E-state index is 11.7. The summed E-state index contributed by atoms with van der Waals surface area (Å²) in [5.74, 6) is -1.25. The van der Waals surface area contributed by atoms with Gasteiger partial charge in [-0.3, -0.25) is 9.59 Å². The summed E-state index contributed by atoms with van der Waals surface area (Å²) in [4.78, 5) is 22.3. The van der Waals surface area contributed by atoms with Gasteiger partial charge in [0, 0.05) is 23.0 Å². The highest BCUT2D eigenvalue weighted by molar-refractivity contribution is 6.35. The van der Waals surface area contributed by atoms with Crippen LogP contribution in [0.2, 0.25) is 10.0 Å². The van der Waals surface area contributed by atoms with E-state index in [1.165, 1.54) is 0 Å². The van der Waals surface area contributed by atoms with Crippen molar-refractivity contribution >= 4 is 35.1 Å². The second-order valence-electron chi connectivity index (χ2n) is 4.97. The molecule has 1 rings (SSSR count). The quantitative estimate of drug-likeness (QED) is 0.716. The fraction of sp³-hybridized carbons (Fsp3) is 0.467. The summed E-state index contributed by atoms with van der Waals surface area (Å²) in [6.45, 7) is 2.15. The van der Waals surface area contributed by atoms with Crippen LogP contribution in [0, 0.1) is 5.92 Å². The molecule has 0 saturated heterocycles. The molecule has 0 aliphatic heterocycles. The van der Waals surface area contributed by atoms with Gasteiger partial charge in [-0.2, -0.15) is 0 Å². The van der Waals surface area contributed by atoms with Gasteiger partial charge in [0.15, 0.2) is 0 Å². The number of hydrogen-bond donors (Lipinski definition) is 2. The van der Waals surface area contributed by atoms with E-state index in [4.69, 9.17) is 28.3 Å². The lowest BCUT2D eigenvalue weighted by molar-refractivity contribution is -0.141. The average Bonchev–Trinajstić information content (AvgIpc) is 2.42. The van der Waals surface area contributed by atoms with Crippen molar-refractivity contribution in [2.45, 2.75) is 32.6 Å². The van der Waals surface area contributed by atoms with Gasteiger partial charge in [-0.15, -0.1) is 0 Å². The molecule has 0 bridgehead atoms. The first kappa shape index (κ1) is 17.8. The second-order valence-corrected chi connectivity index (χ2v) is 5.81.